The number of carbonyl (C=O) groups excluding carboxylic acids is 2. The SMILES string of the molecule is CCNC(=O)[C@@H](C)N(Cc1cccc(Br)c1)C(=O)CCc1cccc2ccccc12. The van der Waals surface area contributed by atoms with Gasteiger partial charge in [-0.1, -0.05) is 70.5 Å². The Balaban J connectivity index is 1.79. The number of benzene rings is 3. The topological polar surface area (TPSA) is 49.4 Å². The molecule has 0 aliphatic carbocycles. The quantitative estimate of drug-likeness (QED) is 0.502. The predicted molar refractivity (Wildman–Crippen MR) is 125 cm³/mol. The fraction of sp³-hybridized carbons (Fsp3) is 0.280. The summed E-state index contributed by atoms with van der Waals surface area (Å²) in [6.07, 6.45) is 0.989. The van der Waals surface area contributed by atoms with E-state index in [0.29, 0.717) is 25.9 Å². The first-order valence-corrected chi connectivity index (χ1v) is 11.1. The van der Waals surface area contributed by atoms with Gasteiger partial charge in [0.25, 0.3) is 0 Å². The number of likely N-dealkylation sites (N-methyl/N-ethyl adjacent to an activating group) is 1. The van der Waals surface area contributed by atoms with Gasteiger partial charge < -0.3 is 10.2 Å². The van der Waals surface area contributed by atoms with Crippen molar-refractivity contribution in [3.63, 3.8) is 0 Å². The summed E-state index contributed by atoms with van der Waals surface area (Å²) in [6.45, 7) is 4.61. The van der Waals surface area contributed by atoms with Crippen LogP contribution in [0.3, 0.4) is 0 Å². The Morgan fingerprint density at radius 1 is 1.03 bits per heavy atom. The number of amides is 2. The summed E-state index contributed by atoms with van der Waals surface area (Å²) in [5.74, 6) is -0.160. The lowest BCUT2D eigenvalue weighted by molar-refractivity contribution is -0.140. The molecular formula is C25H27BrN2O2. The first-order chi connectivity index (χ1) is 14.5. The van der Waals surface area contributed by atoms with Crippen LogP contribution in [0.2, 0.25) is 0 Å². The monoisotopic (exact) mass is 466 g/mol. The van der Waals surface area contributed by atoms with Crippen molar-refractivity contribution >= 4 is 38.5 Å². The molecule has 0 aliphatic rings. The lowest BCUT2D eigenvalue weighted by Gasteiger charge is -2.29. The first-order valence-electron chi connectivity index (χ1n) is 10.3. The van der Waals surface area contributed by atoms with Gasteiger partial charge in [0, 0.05) is 24.0 Å². The summed E-state index contributed by atoms with van der Waals surface area (Å²) in [5, 5.41) is 5.17. The molecule has 0 radical (unpaired) electrons. The van der Waals surface area contributed by atoms with Crippen molar-refractivity contribution in [3.8, 4) is 0 Å². The van der Waals surface area contributed by atoms with Crippen molar-refractivity contribution in [1.82, 2.24) is 10.2 Å². The number of nitrogens with one attached hydrogen (secondary N) is 1. The fourth-order valence-corrected chi connectivity index (χ4v) is 4.08. The fourth-order valence-electron chi connectivity index (χ4n) is 3.63. The molecule has 3 aromatic carbocycles. The zero-order valence-corrected chi connectivity index (χ0v) is 19.0. The van der Waals surface area contributed by atoms with Gasteiger partial charge in [-0.15, -0.1) is 0 Å². The highest BCUT2D eigenvalue weighted by molar-refractivity contribution is 9.10. The molecular weight excluding hydrogens is 440 g/mol. The molecule has 0 bridgehead atoms. The summed E-state index contributed by atoms with van der Waals surface area (Å²) in [4.78, 5) is 27.4. The molecule has 5 heteroatoms. The van der Waals surface area contributed by atoms with Crippen molar-refractivity contribution < 1.29 is 9.59 Å². The van der Waals surface area contributed by atoms with Crippen LogP contribution in [0.5, 0.6) is 0 Å². The second kappa shape index (κ2) is 10.4. The minimum Gasteiger partial charge on any atom is -0.355 e. The number of nitrogens with zero attached hydrogens (tertiary/aromatic N) is 1. The standard InChI is InChI=1S/C25H27BrN2O2/c1-3-27-25(30)18(2)28(17-19-8-6-12-22(26)16-19)24(29)15-14-21-11-7-10-20-9-4-5-13-23(20)21/h4-13,16,18H,3,14-15,17H2,1-2H3,(H,27,30)/t18-/m1/s1. The number of fused-ring (bicyclic) bond motifs is 1. The van der Waals surface area contributed by atoms with Gasteiger partial charge in [0.05, 0.1) is 0 Å². The molecule has 0 fully saturated rings. The molecule has 1 atom stereocenters. The van der Waals surface area contributed by atoms with E-state index in [1.165, 1.54) is 10.8 Å². The lowest BCUT2D eigenvalue weighted by Crippen LogP contribution is -2.47. The van der Waals surface area contributed by atoms with Gasteiger partial charge in [-0.05, 0) is 54.3 Å². The molecule has 0 saturated carbocycles. The van der Waals surface area contributed by atoms with E-state index < -0.39 is 6.04 Å². The maximum atomic E-state index is 13.2. The smallest absolute Gasteiger partial charge is 0.242 e. The Morgan fingerprint density at radius 3 is 2.53 bits per heavy atom. The first kappa shape index (κ1) is 22.0. The van der Waals surface area contributed by atoms with Gasteiger partial charge >= 0.3 is 0 Å². The molecule has 2 amide bonds. The minimum atomic E-state index is -0.538. The van der Waals surface area contributed by atoms with Crippen LogP contribution in [0.15, 0.2) is 71.2 Å². The van der Waals surface area contributed by atoms with Crippen molar-refractivity contribution in [1.29, 1.82) is 0 Å². The number of aryl methyl sites for hydroxylation is 1. The second-order valence-corrected chi connectivity index (χ2v) is 8.28. The molecule has 3 aromatic rings. The number of hydrogen-bond donors (Lipinski definition) is 1. The van der Waals surface area contributed by atoms with Crippen LogP contribution in [0.25, 0.3) is 10.8 Å². The van der Waals surface area contributed by atoms with Crippen LogP contribution in [0, 0.1) is 0 Å². The normalized spacial score (nSPS) is 11.8. The Labute approximate surface area is 186 Å². The van der Waals surface area contributed by atoms with E-state index in [9.17, 15) is 9.59 Å². The molecule has 3 rings (SSSR count). The van der Waals surface area contributed by atoms with E-state index in [0.717, 1.165) is 15.6 Å². The molecule has 1 N–H and O–H groups in total. The van der Waals surface area contributed by atoms with Crippen LogP contribution in [-0.2, 0) is 22.6 Å². The Kier molecular flexibility index (Phi) is 7.63. The maximum absolute atomic E-state index is 13.2. The highest BCUT2D eigenvalue weighted by Crippen LogP contribution is 2.21. The van der Waals surface area contributed by atoms with Crippen LogP contribution in [0.4, 0.5) is 0 Å². The van der Waals surface area contributed by atoms with Crippen LogP contribution < -0.4 is 5.32 Å². The third-order valence-corrected chi connectivity index (χ3v) is 5.74. The average Bonchev–Trinajstić information content (AvgIpc) is 2.75. The largest absolute Gasteiger partial charge is 0.355 e. The van der Waals surface area contributed by atoms with E-state index in [1.807, 2.05) is 49.4 Å². The Hall–Kier alpha value is -2.66. The molecule has 0 aliphatic heterocycles. The molecule has 0 spiro atoms. The van der Waals surface area contributed by atoms with Crippen LogP contribution >= 0.6 is 15.9 Å². The summed E-state index contributed by atoms with van der Waals surface area (Å²) in [5.41, 5.74) is 2.13. The Bertz CT molecular complexity index is 1030. The van der Waals surface area contributed by atoms with Gasteiger partial charge in [-0.25, -0.2) is 0 Å². The molecule has 0 unspecified atom stereocenters. The zero-order chi connectivity index (χ0) is 21.5. The van der Waals surface area contributed by atoms with Gasteiger partial charge in [0.2, 0.25) is 11.8 Å². The molecule has 0 saturated heterocycles. The highest BCUT2D eigenvalue weighted by Gasteiger charge is 2.25. The van der Waals surface area contributed by atoms with Gasteiger partial charge in [0.1, 0.15) is 6.04 Å². The summed E-state index contributed by atoms with van der Waals surface area (Å²) < 4.78 is 0.953. The Morgan fingerprint density at radius 2 is 1.77 bits per heavy atom. The van der Waals surface area contributed by atoms with Gasteiger partial charge in [0.15, 0.2) is 0 Å². The predicted octanol–water partition coefficient (Wildman–Crippen LogP) is 5.09. The molecule has 0 heterocycles. The number of rotatable bonds is 8. The van der Waals surface area contributed by atoms with E-state index in [1.54, 1.807) is 11.8 Å². The molecule has 0 aromatic heterocycles. The molecule has 156 valence electrons. The zero-order valence-electron chi connectivity index (χ0n) is 17.4. The molecule has 4 nitrogen and oxygen atoms in total. The van der Waals surface area contributed by atoms with E-state index in [4.69, 9.17) is 0 Å². The number of carbonyl (C=O) groups is 2. The maximum Gasteiger partial charge on any atom is 0.242 e. The number of halogens is 1. The average molecular weight is 467 g/mol. The van der Waals surface area contributed by atoms with Gasteiger partial charge in [-0.3, -0.25) is 9.59 Å². The third kappa shape index (κ3) is 5.48. The van der Waals surface area contributed by atoms with Crippen molar-refractivity contribution in [2.45, 2.75) is 39.3 Å². The van der Waals surface area contributed by atoms with Crippen LogP contribution in [-0.4, -0.2) is 29.3 Å². The van der Waals surface area contributed by atoms with Crippen molar-refractivity contribution in [3.05, 3.63) is 82.3 Å². The van der Waals surface area contributed by atoms with E-state index in [-0.39, 0.29) is 11.8 Å². The number of hydrogen-bond acceptors (Lipinski definition) is 2. The van der Waals surface area contributed by atoms with Crippen molar-refractivity contribution in [2.24, 2.45) is 0 Å². The van der Waals surface area contributed by atoms with Gasteiger partial charge in [-0.2, -0.15) is 0 Å². The summed E-state index contributed by atoms with van der Waals surface area (Å²) in [6, 6.07) is 21.7. The van der Waals surface area contributed by atoms with E-state index in [2.05, 4.69) is 45.5 Å². The van der Waals surface area contributed by atoms with Crippen LogP contribution in [0.1, 0.15) is 31.4 Å². The minimum absolute atomic E-state index is 0.0262. The third-order valence-electron chi connectivity index (χ3n) is 5.25. The van der Waals surface area contributed by atoms with E-state index >= 15 is 0 Å². The highest BCUT2D eigenvalue weighted by atomic mass is 79.9. The lowest BCUT2D eigenvalue weighted by atomic mass is 10.0. The summed E-state index contributed by atoms with van der Waals surface area (Å²) in [7, 11) is 0. The summed E-state index contributed by atoms with van der Waals surface area (Å²) >= 11 is 3.48. The molecule has 30 heavy (non-hydrogen) atoms. The van der Waals surface area contributed by atoms with Crippen molar-refractivity contribution in [2.75, 3.05) is 6.54 Å². The second-order valence-electron chi connectivity index (χ2n) is 7.36.